The van der Waals surface area contributed by atoms with Gasteiger partial charge in [-0.2, -0.15) is 0 Å². The van der Waals surface area contributed by atoms with Crippen molar-refractivity contribution in [1.82, 2.24) is 15.6 Å². The number of nitrogens with one attached hydrogen (secondary N) is 2. The van der Waals surface area contributed by atoms with Crippen LogP contribution in [0.3, 0.4) is 0 Å². The summed E-state index contributed by atoms with van der Waals surface area (Å²) in [5.74, 6) is 1.85. The normalized spacial score (nSPS) is 15.8. The van der Waals surface area contributed by atoms with Crippen LogP contribution in [-0.4, -0.2) is 51.3 Å². The summed E-state index contributed by atoms with van der Waals surface area (Å²) >= 11 is 0. The Bertz CT molecular complexity index is 588. The van der Waals surface area contributed by atoms with Crippen molar-refractivity contribution in [3.63, 3.8) is 0 Å². The smallest absolute Gasteiger partial charge is 0.191 e. The Kier molecular flexibility index (Phi) is 11.8. The number of hydrogen-bond donors (Lipinski definition) is 2. The minimum absolute atomic E-state index is 0. The zero-order valence-electron chi connectivity index (χ0n) is 18.0. The number of pyridine rings is 1. The lowest BCUT2D eigenvalue weighted by molar-refractivity contribution is 0.105. The molecule has 1 aromatic heterocycles. The van der Waals surface area contributed by atoms with Gasteiger partial charge in [0.1, 0.15) is 5.82 Å². The summed E-state index contributed by atoms with van der Waals surface area (Å²) < 4.78 is 5.63. The third-order valence-electron chi connectivity index (χ3n) is 5.31. The molecule has 160 valence electrons. The second-order valence-electron chi connectivity index (χ2n) is 7.62. The minimum atomic E-state index is 0. The quantitative estimate of drug-likeness (QED) is 0.220. The van der Waals surface area contributed by atoms with Crippen LogP contribution in [0.2, 0.25) is 0 Å². The third-order valence-corrected chi connectivity index (χ3v) is 5.31. The number of ether oxygens (including phenoxy) is 1. The van der Waals surface area contributed by atoms with E-state index in [-0.39, 0.29) is 24.0 Å². The number of rotatable bonds is 10. The Balaban J connectivity index is 0.00000392. The summed E-state index contributed by atoms with van der Waals surface area (Å²) in [4.78, 5) is 11.2. The van der Waals surface area contributed by atoms with Crippen molar-refractivity contribution in [3.05, 3.63) is 23.9 Å². The molecule has 0 radical (unpaired) electrons. The number of aliphatic imine (C=N–C) groups is 1. The van der Waals surface area contributed by atoms with Crippen LogP contribution in [0.15, 0.2) is 23.3 Å². The van der Waals surface area contributed by atoms with Crippen LogP contribution in [0.4, 0.5) is 5.82 Å². The predicted octanol–water partition coefficient (Wildman–Crippen LogP) is 3.81. The first kappa shape index (κ1) is 24.9. The highest BCUT2D eigenvalue weighted by molar-refractivity contribution is 14.0. The van der Waals surface area contributed by atoms with Crippen molar-refractivity contribution in [2.45, 2.75) is 52.5 Å². The third kappa shape index (κ3) is 8.11. The highest BCUT2D eigenvalue weighted by Crippen LogP contribution is 2.40. The van der Waals surface area contributed by atoms with Crippen molar-refractivity contribution in [1.29, 1.82) is 0 Å². The van der Waals surface area contributed by atoms with Gasteiger partial charge in [0.05, 0.1) is 6.54 Å². The van der Waals surface area contributed by atoms with E-state index in [2.05, 4.69) is 35.5 Å². The molecule has 0 aliphatic heterocycles. The van der Waals surface area contributed by atoms with Gasteiger partial charge in [0.2, 0.25) is 0 Å². The predicted molar refractivity (Wildman–Crippen MR) is 129 cm³/mol. The Labute approximate surface area is 187 Å². The highest BCUT2D eigenvalue weighted by Gasteiger charge is 2.33. The van der Waals surface area contributed by atoms with Gasteiger partial charge in [-0.1, -0.05) is 12.8 Å². The summed E-state index contributed by atoms with van der Waals surface area (Å²) in [5, 5.41) is 6.98. The van der Waals surface area contributed by atoms with E-state index in [1.165, 1.54) is 25.7 Å². The summed E-state index contributed by atoms with van der Waals surface area (Å²) in [6.07, 6.45) is 8.19. The fraction of sp³-hybridized carbons (Fsp3) is 0.714. The lowest BCUT2D eigenvalue weighted by Crippen LogP contribution is -2.43. The van der Waals surface area contributed by atoms with Gasteiger partial charge in [-0.05, 0) is 56.2 Å². The molecule has 0 atom stereocenters. The molecule has 0 saturated heterocycles. The first-order chi connectivity index (χ1) is 13.1. The molecule has 7 heteroatoms. The maximum Gasteiger partial charge on any atom is 0.191 e. The molecule has 0 aromatic carbocycles. The van der Waals surface area contributed by atoms with Crippen molar-refractivity contribution < 1.29 is 4.74 Å². The van der Waals surface area contributed by atoms with Crippen LogP contribution in [-0.2, 0) is 11.3 Å². The van der Waals surface area contributed by atoms with Gasteiger partial charge >= 0.3 is 0 Å². The maximum absolute atomic E-state index is 5.63. The fourth-order valence-electron chi connectivity index (χ4n) is 3.66. The van der Waals surface area contributed by atoms with Crippen LogP contribution in [0.5, 0.6) is 0 Å². The molecular formula is C21H38IN5O. The number of halogens is 1. The topological polar surface area (TPSA) is 61.8 Å². The SMILES string of the molecule is CCNC(=NCc1ccnc(N(C)C)c1)NCC1(CCOCC)CCCC1.I. The Morgan fingerprint density at radius 1 is 1.25 bits per heavy atom. The van der Waals surface area contributed by atoms with Gasteiger partial charge < -0.3 is 20.3 Å². The van der Waals surface area contributed by atoms with Gasteiger partial charge in [-0.3, -0.25) is 0 Å². The Hall–Kier alpha value is -1.09. The molecule has 2 N–H and O–H groups in total. The highest BCUT2D eigenvalue weighted by atomic mass is 127. The molecule has 1 aliphatic carbocycles. The molecule has 1 aliphatic rings. The number of aromatic nitrogens is 1. The van der Waals surface area contributed by atoms with Crippen LogP contribution >= 0.6 is 24.0 Å². The number of anilines is 1. The molecule has 1 aromatic rings. The first-order valence-corrected chi connectivity index (χ1v) is 10.3. The van der Waals surface area contributed by atoms with E-state index in [1.807, 2.05) is 31.3 Å². The number of nitrogens with zero attached hydrogens (tertiary/aromatic N) is 3. The second kappa shape index (κ2) is 13.2. The Morgan fingerprint density at radius 2 is 2.00 bits per heavy atom. The zero-order chi connectivity index (χ0) is 19.5. The molecule has 1 heterocycles. The number of guanidine groups is 1. The minimum Gasteiger partial charge on any atom is -0.382 e. The van der Waals surface area contributed by atoms with Crippen LogP contribution in [0.1, 0.15) is 51.5 Å². The molecular weight excluding hydrogens is 465 g/mol. The van der Waals surface area contributed by atoms with Gasteiger partial charge in [0.25, 0.3) is 0 Å². The van der Waals surface area contributed by atoms with Crippen LogP contribution in [0, 0.1) is 5.41 Å². The standard InChI is InChI=1S/C21H37N5O.HI/c1-5-22-20(24-16-18-9-13-23-19(15-18)26(3)4)25-17-21(10-7-8-11-21)12-14-27-6-2;/h9,13,15H,5-8,10-12,14,16-17H2,1-4H3,(H2,22,24,25);1H. The average molecular weight is 503 g/mol. The summed E-state index contributed by atoms with van der Waals surface area (Å²) in [5.41, 5.74) is 1.51. The molecule has 0 amide bonds. The lowest BCUT2D eigenvalue weighted by atomic mass is 9.83. The lowest BCUT2D eigenvalue weighted by Gasteiger charge is -2.30. The van der Waals surface area contributed by atoms with Gasteiger partial charge in [0.15, 0.2) is 5.96 Å². The molecule has 2 rings (SSSR count). The van der Waals surface area contributed by atoms with E-state index in [4.69, 9.17) is 9.73 Å². The van der Waals surface area contributed by atoms with Crippen LogP contribution < -0.4 is 15.5 Å². The van der Waals surface area contributed by atoms with Crippen LogP contribution in [0.25, 0.3) is 0 Å². The van der Waals surface area contributed by atoms with Crippen molar-refractivity contribution in [2.24, 2.45) is 10.4 Å². The average Bonchev–Trinajstić information content (AvgIpc) is 3.13. The van der Waals surface area contributed by atoms with Crippen molar-refractivity contribution >= 4 is 35.8 Å². The van der Waals surface area contributed by atoms with Gasteiger partial charge in [-0.25, -0.2) is 9.98 Å². The molecule has 0 bridgehead atoms. The molecule has 0 spiro atoms. The fourth-order valence-corrected chi connectivity index (χ4v) is 3.66. The van der Waals surface area contributed by atoms with E-state index in [0.29, 0.717) is 12.0 Å². The largest absolute Gasteiger partial charge is 0.382 e. The van der Waals surface area contributed by atoms with E-state index in [0.717, 1.165) is 50.1 Å². The monoisotopic (exact) mass is 503 g/mol. The van der Waals surface area contributed by atoms with E-state index >= 15 is 0 Å². The van der Waals surface area contributed by atoms with E-state index in [9.17, 15) is 0 Å². The van der Waals surface area contributed by atoms with Crippen molar-refractivity contribution in [2.75, 3.05) is 45.3 Å². The summed E-state index contributed by atoms with van der Waals surface area (Å²) in [6.45, 7) is 8.29. The molecule has 6 nitrogen and oxygen atoms in total. The van der Waals surface area contributed by atoms with Gasteiger partial charge in [-0.15, -0.1) is 24.0 Å². The van der Waals surface area contributed by atoms with Gasteiger partial charge in [0, 0.05) is 46.6 Å². The molecule has 28 heavy (non-hydrogen) atoms. The second-order valence-corrected chi connectivity index (χ2v) is 7.62. The van der Waals surface area contributed by atoms with Crippen molar-refractivity contribution in [3.8, 4) is 0 Å². The van der Waals surface area contributed by atoms with E-state index in [1.54, 1.807) is 0 Å². The van der Waals surface area contributed by atoms with E-state index < -0.39 is 0 Å². The Morgan fingerprint density at radius 3 is 2.64 bits per heavy atom. The molecule has 1 saturated carbocycles. The zero-order valence-corrected chi connectivity index (χ0v) is 20.3. The first-order valence-electron chi connectivity index (χ1n) is 10.3. The maximum atomic E-state index is 5.63. The molecule has 1 fully saturated rings. The number of hydrogen-bond acceptors (Lipinski definition) is 4. The molecule has 0 unspecified atom stereocenters. The summed E-state index contributed by atoms with van der Waals surface area (Å²) in [7, 11) is 4.01. The summed E-state index contributed by atoms with van der Waals surface area (Å²) in [6, 6.07) is 4.12.